The van der Waals surface area contributed by atoms with Gasteiger partial charge >= 0.3 is 6.03 Å². The number of amides is 3. The number of urea groups is 1. The lowest BCUT2D eigenvalue weighted by atomic mass is 9.97. The highest BCUT2D eigenvalue weighted by atomic mass is 16.2. The Bertz CT molecular complexity index is 877. The summed E-state index contributed by atoms with van der Waals surface area (Å²) in [7, 11) is 0. The van der Waals surface area contributed by atoms with Crippen molar-refractivity contribution in [2.45, 2.75) is 34.2 Å². The van der Waals surface area contributed by atoms with E-state index in [1.165, 1.54) is 4.90 Å². The Labute approximate surface area is 164 Å². The topological polar surface area (TPSA) is 110 Å². The number of piperazine rings is 1. The van der Waals surface area contributed by atoms with Crippen LogP contribution in [0.5, 0.6) is 0 Å². The molecule has 1 fully saturated rings. The molecule has 3 heterocycles. The van der Waals surface area contributed by atoms with Gasteiger partial charge in [-0.2, -0.15) is 0 Å². The molecule has 2 aromatic heterocycles. The lowest BCUT2D eigenvalue weighted by Crippen LogP contribution is -2.52. The summed E-state index contributed by atoms with van der Waals surface area (Å²) in [5.74, 6) is -0.0948. The second-order valence-electron chi connectivity index (χ2n) is 8.37. The average molecular weight is 385 g/mol. The molecule has 3 amide bonds. The number of primary amides is 1. The quantitative estimate of drug-likeness (QED) is 0.861. The lowest BCUT2D eigenvalue weighted by molar-refractivity contribution is 0.0669. The van der Waals surface area contributed by atoms with Gasteiger partial charge in [0.2, 0.25) is 0 Å². The van der Waals surface area contributed by atoms with E-state index in [2.05, 4.69) is 36.1 Å². The number of pyridine rings is 1. The Morgan fingerprint density at radius 2 is 1.79 bits per heavy atom. The second kappa shape index (κ2) is 7.57. The van der Waals surface area contributed by atoms with Gasteiger partial charge in [0, 0.05) is 38.9 Å². The molecule has 150 valence electrons. The van der Waals surface area contributed by atoms with Crippen LogP contribution in [0.3, 0.4) is 0 Å². The zero-order chi connectivity index (χ0) is 20.5. The number of nitrogens with two attached hydrogens (primary N) is 1. The van der Waals surface area contributed by atoms with Crippen molar-refractivity contribution in [3.8, 4) is 11.4 Å². The van der Waals surface area contributed by atoms with Crippen molar-refractivity contribution in [1.29, 1.82) is 0 Å². The van der Waals surface area contributed by atoms with Crippen molar-refractivity contribution in [2.24, 2.45) is 11.1 Å². The smallest absolute Gasteiger partial charge is 0.314 e. The van der Waals surface area contributed by atoms with Crippen molar-refractivity contribution in [2.75, 3.05) is 26.2 Å². The van der Waals surface area contributed by atoms with E-state index in [1.807, 2.05) is 23.9 Å². The first-order chi connectivity index (χ1) is 13.1. The fourth-order valence-electron chi connectivity index (χ4n) is 3.24. The van der Waals surface area contributed by atoms with Crippen LogP contribution in [0.15, 0.2) is 18.5 Å². The molecule has 1 aliphatic heterocycles. The Morgan fingerprint density at radius 3 is 2.36 bits per heavy atom. The van der Waals surface area contributed by atoms with Gasteiger partial charge in [0.15, 0.2) is 0 Å². The number of rotatable bonds is 3. The van der Waals surface area contributed by atoms with Crippen LogP contribution >= 0.6 is 0 Å². The molecular weight excluding hydrogens is 358 g/mol. The maximum Gasteiger partial charge on any atom is 0.314 e. The molecule has 2 N–H and O–H groups in total. The van der Waals surface area contributed by atoms with Crippen LogP contribution in [0.4, 0.5) is 4.79 Å². The average Bonchev–Trinajstić information content (AvgIpc) is 3.07. The Kier molecular flexibility index (Phi) is 5.35. The summed E-state index contributed by atoms with van der Waals surface area (Å²) < 4.78 is 1.81. The first kappa shape index (κ1) is 19.8. The van der Waals surface area contributed by atoms with Gasteiger partial charge < -0.3 is 15.5 Å². The molecule has 0 saturated carbocycles. The molecule has 3 rings (SSSR count). The van der Waals surface area contributed by atoms with Crippen LogP contribution in [-0.2, 0) is 6.54 Å². The maximum absolute atomic E-state index is 12.8. The summed E-state index contributed by atoms with van der Waals surface area (Å²) in [5.41, 5.74) is 8.18. The number of nitrogens with zero attached hydrogens (tertiary/aromatic N) is 6. The fraction of sp³-hybridized carbons (Fsp3) is 0.526. The highest BCUT2D eigenvalue weighted by molar-refractivity contribution is 5.94. The molecule has 1 aliphatic rings. The predicted octanol–water partition coefficient (Wildman–Crippen LogP) is 1.53. The molecule has 28 heavy (non-hydrogen) atoms. The van der Waals surface area contributed by atoms with E-state index in [-0.39, 0.29) is 11.3 Å². The molecule has 0 aromatic carbocycles. The Morgan fingerprint density at radius 1 is 1.14 bits per heavy atom. The van der Waals surface area contributed by atoms with Gasteiger partial charge in [-0.1, -0.05) is 26.0 Å². The minimum atomic E-state index is -0.450. The molecule has 0 unspecified atom stereocenters. The van der Waals surface area contributed by atoms with Crippen molar-refractivity contribution in [1.82, 2.24) is 29.8 Å². The third-order valence-electron chi connectivity index (χ3n) is 4.62. The number of carbonyl (C=O) groups excluding carboxylic acids is 2. The van der Waals surface area contributed by atoms with Crippen molar-refractivity contribution < 1.29 is 9.59 Å². The van der Waals surface area contributed by atoms with Gasteiger partial charge in [0.25, 0.3) is 5.91 Å². The van der Waals surface area contributed by atoms with E-state index in [9.17, 15) is 9.59 Å². The van der Waals surface area contributed by atoms with Crippen LogP contribution in [0.25, 0.3) is 11.4 Å². The van der Waals surface area contributed by atoms with Gasteiger partial charge in [-0.05, 0) is 24.0 Å². The summed E-state index contributed by atoms with van der Waals surface area (Å²) in [6.07, 6.45) is 3.46. The number of hydrogen-bond donors (Lipinski definition) is 1. The van der Waals surface area contributed by atoms with E-state index in [1.54, 1.807) is 11.1 Å². The summed E-state index contributed by atoms with van der Waals surface area (Å²) in [4.78, 5) is 31.7. The fourth-order valence-corrected chi connectivity index (χ4v) is 3.24. The molecule has 9 nitrogen and oxygen atoms in total. The standard InChI is InChI=1S/C19H27N7O2/c1-13-9-14(17(27)24-5-7-25(8-6-24)18(20)28)10-21-16(13)15-11-26(23-22-15)12-19(2,3)4/h9-11H,5-8,12H2,1-4H3,(H2,20,28). The Balaban J connectivity index is 1.72. The first-order valence-electron chi connectivity index (χ1n) is 9.35. The lowest BCUT2D eigenvalue weighted by Gasteiger charge is -2.33. The molecule has 0 radical (unpaired) electrons. The largest absolute Gasteiger partial charge is 0.351 e. The van der Waals surface area contributed by atoms with Gasteiger partial charge in [-0.3, -0.25) is 14.5 Å². The molecule has 0 spiro atoms. The minimum Gasteiger partial charge on any atom is -0.351 e. The summed E-state index contributed by atoms with van der Waals surface area (Å²) in [6, 6.07) is 1.38. The summed E-state index contributed by atoms with van der Waals surface area (Å²) >= 11 is 0. The van der Waals surface area contributed by atoms with Crippen molar-refractivity contribution >= 4 is 11.9 Å². The maximum atomic E-state index is 12.8. The summed E-state index contributed by atoms with van der Waals surface area (Å²) in [6.45, 7) is 10.9. The third kappa shape index (κ3) is 4.47. The highest BCUT2D eigenvalue weighted by Crippen LogP contribution is 2.22. The van der Waals surface area contributed by atoms with Crippen LogP contribution in [0.2, 0.25) is 0 Å². The van der Waals surface area contributed by atoms with Crippen LogP contribution < -0.4 is 5.73 Å². The normalized spacial score (nSPS) is 15.0. The monoisotopic (exact) mass is 385 g/mol. The van der Waals surface area contributed by atoms with Crippen molar-refractivity contribution in [3.05, 3.63) is 29.6 Å². The third-order valence-corrected chi connectivity index (χ3v) is 4.62. The molecule has 9 heteroatoms. The zero-order valence-corrected chi connectivity index (χ0v) is 16.8. The van der Waals surface area contributed by atoms with Gasteiger partial charge in [0.1, 0.15) is 5.69 Å². The summed E-state index contributed by atoms with van der Waals surface area (Å²) in [5, 5.41) is 8.41. The molecule has 0 atom stereocenters. The molecule has 0 aliphatic carbocycles. The number of aryl methyl sites for hydroxylation is 1. The van der Waals surface area contributed by atoms with Crippen LogP contribution in [-0.4, -0.2) is 67.9 Å². The van der Waals surface area contributed by atoms with Crippen LogP contribution in [0, 0.1) is 12.3 Å². The predicted molar refractivity (Wildman–Crippen MR) is 105 cm³/mol. The van der Waals surface area contributed by atoms with Gasteiger partial charge in [0.05, 0.1) is 17.5 Å². The number of aromatic nitrogens is 4. The van der Waals surface area contributed by atoms with E-state index < -0.39 is 6.03 Å². The molecular formula is C19H27N7O2. The van der Waals surface area contributed by atoms with E-state index in [0.717, 1.165) is 17.8 Å². The Hall–Kier alpha value is -2.97. The minimum absolute atomic E-state index is 0.0948. The van der Waals surface area contributed by atoms with E-state index in [4.69, 9.17) is 5.73 Å². The van der Waals surface area contributed by atoms with Gasteiger partial charge in [-0.25, -0.2) is 4.79 Å². The number of hydrogen-bond acceptors (Lipinski definition) is 5. The van der Waals surface area contributed by atoms with Crippen LogP contribution in [0.1, 0.15) is 36.7 Å². The van der Waals surface area contributed by atoms with E-state index >= 15 is 0 Å². The molecule has 0 bridgehead atoms. The van der Waals surface area contributed by atoms with Gasteiger partial charge in [-0.15, -0.1) is 5.10 Å². The molecule has 2 aromatic rings. The SMILES string of the molecule is Cc1cc(C(=O)N2CCN(C(N)=O)CC2)cnc1-c1cn(CC(C)(C)C)nn1. The highest BCUT2D eigenvalue weighted by Gasteiger charge is 2.24. The number of carbonyl (C=O) groups is 2. The first-order valence-corrected chi connectivity index (χ1v) is 9.35. The zero-order valence-electron chi connectivity index (χ0n) is 16.8. The molecule has 1 saturated heterocycles. The van der Waals surface area contributed by atoms with Crippen molar-refractivity contribution in [3.63, 3.8) is 0 Å². The van der Waals surface area contributed by atoms with E-state index in [0.29, 0.717) is 37.4 Å². The second-order valence-corrected chi connectivity index (χ2v) is 8.37.